The van der Waals surface area contributed by atoms with Crippen molar-refractivity contribution in [1.29, 1.82) is 0 Å². The Balaban J connectivity index is 1.49. The number of halogens is 1. The van der Waals surface area contributed by atoms with Crippen molar-refractivity contribution in [3.63, 3.8) is 0 Å². The molecule has 0 amide bonds. The number of hydrogen-bond acceptors (Lipinski definition) is 5. The molecule has 1 saturated heterocycles. The SMILES string of the molecule is Cn1cc(C#Cc2ccc3oc(N4CCOCC4)nc3c2)c2cc(F)cnc21. The van der Waals surface area contributed by atoms with Crippen molar-refractivity contribution in [3.05, 3.63) is 53.6 Å². The smallest absolute Gasteiger partial charge is 0.298 e. The second kappa shape index (κ2) is 6.66. The number of ether oxygens (including phenoxy) is 1. The standard InChI is InChI=1S/C21H17FN4O2/c1-25-13-15(17-11-16(22)12-23-20(17)25)4-2-14-3-5-19-18(10-14)24-21(28-19)26-6-8-27-9-7-26/h3,5,10-13H,6-9H2,1H3. The third-order valence-corrected chi connectivity index (χ3v) is 4.78. The number of rotatable bonds is 1. The highest BCUT2D eigenvalue weighted by atomic mass is 19.1. The number of hydrogen-bond donors (Lipinski definition) is 0. The minimum Gasteiger partial charge on any atom is -0.423 e. The second-order valence-electron chi connectivity index (χ2n) is 6.71. The van der Waals surface area contributed by atoms with Gasteiger partial charge in [-0.25, -0.2) is 9.37 Å². The molecule has 4 aromatic rings. The van der Waals surface area contributed by atoms with Gasteiger partial charge in [-0.2, -0.15) is 4.98 Å². The van der Waals surface area contributed by atoms with E-state index < -0.39 is 0 Å². The number of nitrogens with zero attached hydrogens (tertiary/aromatic N) is 4. The largest absolute Gasteiger partial charge is 0.423 e. The maximum atomic E-state index is 13.6. The van der Waals surface area contributed by atoms with Gasteiger partial charge >= 0.3 is 0 Å². The van der Waals surface area contributed by atoms with Crippen molar-refractivity contribution in [2.45, 2.75) is 0 Å². The van der Waals surface area contributed by atoms with E-state index in [1.807, 2.05) is 36.0 Å². The van der Waals surface area contributed by atoms with E-state index in [-0.39, 0.29) is 5.82 Å². The molecule has 1 fully saturated rings. The molecule has 0 spiro atoms. The van der Waals surface area contributed by atoms with E-state index in [1.165, 1.54) is 12.3 Å². The quantitative estimate of drug-likeness (QED) is 0.478. The Morgan fingerprint density at radius 1 is 1.14 bits per heavy atom. The molecule has 5 rings (SSSR count). The van der Waals surface area contributed by atoms with E-state index >= 15 is 0 Å². The molecular weight excluding hydrogens is 359 g/mol. The van der Waals surface area contributed by atoms with Crippen LogP contribution in [-0.4, -0.2) is 40.8 Å². The first-order chi connectivity index (χ1) is 13.7. The molecule has 4 heterocycles. The van der Waals surface area contributed by atoms with Crippen molar-refractivity contribution >= 4 is 28.1 Å². The van der Waals surface area contributed by atoms with Gasteiger partial charge in [-0.05, 0) is 24.3 Å². The third kappa shape index (κ3) is 2.98. The topological polar surface area (TPSA) is 56.3 Å². The predicted molar refractivity (Wildman–Crippen MR) is 104 cm³/mol. The van der Waals surface area contributed by atoms with Crippen LogP contribution < -0.4 is 4.90 Å². The van der Waals surface area contributed by atoms with Crippen molar-refractivity contribution in [1.82, 2.24) is 14.5 Å². The maximum absolute atomic E-state index is 13.6. The summed E-state index contributed by atoms with van der Waals surface area (Å²) in [7, 11) is 1.87. The first-order valence-corrected chi connectivity index (χ1v) is 9.03. The average molecular weight is 376 g/mol. The molecule has 0 N–H and O–H groups in total. The van der Waals surface area contributed by atoms with Crippen LogP contribution in [0.4, 0.5) is 10.4 Å². The van der Waals surface area contributed by atoms with Crippen LogP contribution in [-0.2, 0) is 11.8 Å². The average Bonchev–Trinajstić information content (AvgIpc) is 3.27. The zero-order chi connectivity index (χ0) is 19.1. The number of morpholine rings is 1. The van der Waals surface area contributed by atoms with Gasteiger partial charge in [0, 0.05) is 37.3 Å². The van der Waals surface area contributed by atoms with Gasteiger partial charge in [0.1, 0.15) is 17.0 Å². The number of oxazole rings is 1. The number of aryl methyl sites for hydroxylation is 1. The van der Waals surface area contributed by atoms with Crippen LogP contribution in [0.15, 0.2) is 41.1 Å². The molecule has 6 nitrogen and oxygen atoms in total. The van der Waals surface area contributed by atoms with Crippen molar-refractivity contribution in [3.8, 4) is 11.8 Å². The maximum Gasteiger partial charge on any atom is 0.298 e. The summed E-state index contributed by atoms with van der Waals surface area (Å²) in [5.41, 5.74) is 3.74. The summed E-state index contributed by atoms with van der Waals surface area (Å²) in [5.74, 6) is 5.89. The predicted octanol–water partition coefficient (Wildman–Crippen LogP) is 3.09. The van der Waals surface area contributed by atoms with Gasteiger partial charge in [-0.15, -0.1) is 0 Å². The molecule has 1 aromatic carbocycles. The van der Waals surface area contributed by atoms with Gasteiger partial charge in [-0.1, -0.05) is 11.8 Å². The van der Waals surface area contributed by atoms with Gasteiger partial charge < -0.3 is 18.6 Å². The van der Waals surface area contributed by atoms with Crippen molar-refractivity contribution < 1.29 is 13.5 Å². The van der Waals surface area contributed by atoms with Gasteiger partial charge in [0.15, 0.2) is 5.58 Å². The molecule has 28 heavy (non-hydrogen) atoms. The van der Waals surface area contributed by atoms with E-state index in [0.29, 0.717) is 30.3 Å². The zero-order valence-corrected chi connectivity index (χ0v) is 15.3. The highest BCUT2D eigenvalue weighted by Gasteiger charge is 2.17. The summed E-state index contributed by atoms with van der Waals surface area (Å²) in [6.07, 6.45) is 3.07. The number of anilines is 1. The fourth-order valence-electron chi connectivity index (χ4n) is 3.36. The lowest BCUT2D eigenvalue weighted by molar-refractivity contribution is 0.120. The molecule has 0 unspecified atom stereocenters. The molecule has 3 aromatic heterocycles. The van der Waals surface area contributed by atoms with E-state index in [0.717, 1.165) is 35.3 Å². The fourth-order valence-corrected chi connectivity index (χ4v) is 3.36. The minimum atomic E-state index is -0.374. The number of fused-ring (bicyclic) bond motifs is 2. The van der Waals surface area contributed by atoms with E-state index in [2.05, 4.69) is 26.7 Å². The number of pyridine rings is 1. The van der Waals surface area contributed by atoms with Crippen LogP contribution in [0.25, 0.3) is 22.1 Å². The van der Waals surface area contributed by atoms with Crippen LogP contribution in [0.5, 0.6) is 0 Å². The van der Waals surface area contributed by atoms with E-state index in [1.54, 1.807) is 0 Å². The lowest BCUT2D eigenvalue weighted by Crippen LogP contribution is -2.36. The number of aromatic nitrogens is 3. The molecule has 0 radical (unpaired) electrons. The molecule has 7 heteroatoms. The lowest BCUT2D eigenvalue weighted by atomic mass is 10.1. The molecule has 0 saturated carbocycles. The van der Waals surface area contributed by atoms with Crippen molar-refractivity contribution in [2.75, 3.05) is 31.2 Å². The van der Waals surface area contributed by atoms with E-state index in [9.17, 15) is 4.39 Å². The van der Waals surface area contributed by atoms with Gasteiger partial charge in [-0.3, -0.25) is 0 Å². The second-order valence-corrected chi connectivity index (χ2v) is 6.71. The molecule has 1 aliphatic rings. The Morgan fingerprint density at radius 2 is 2.00 bits per heavy atom. The van der Waals surface area contributed by atoms with Crippen LogP contribution in [0.2, 0.25) is 0 Å². The summed E-state index contributed by atoms with van der Waals surface area (Å²) in [6.45, 7) is 2.89. The lowest BCUT2D eigenvalue weighted by Gasteiger charge is -2.24. The summed E-state index contributed by atoms with van der Waals surface area (Å²) in [6, 6.07) is 7.74. The van der Waals surface area contributed by atoms with Crippen LogP contribution in [0, 0.1) is 17.7 Å². The summed E-state index contributed by atoms with van der Waals surface area (Å²) in [4.78, 5) is 10.8. The molecule has 0 atom stereocenters. The monoisotopic (exact) mass is 376 g/mol. The Bertz CT molecular complexity index is 1240. The van der Waals surface area contributed by atoms with Crippen LogP contribution in [0.1, 0.15) is 11.1 Å². The number of benzene rings is 1. The summed E-state index contributed by atoms with van der Waals surface area (Å²) in [5, 5.41) is 0.701. The normalized spacial score (nSPS) is 14.4. The molecule has 0 aliphatic carbocycles. The Hall–Kier alpha value is -3.37. The third-order valence-electron chi connectivity index (χ3n) is 4.78. The summed E-state index contributed by atoms with van der Waals surface area (Å²) < 4.78 is 26.6. The highest BCUT2D eigenvalue weighted by Crippen LogP contribution is 2.24. The Labute approximate surface area is 160 Å². The first-order valence-electron chi connectivity index (χ1n) is 9.03. The van der Waals surface area contributed by atoms with Gasteiger partial charge in [0.05, 0.1) is 25.0 Å². The molecule has 0 bridgehead atoms. The Morgan fingerprint density at radius 3 is 2.86 bits per heavy atom. The van der Waals surface area contributed by atoms with Crippen molar-refractivity contribution in [2.24, 2.45) is 7.05 Å². The zero-order valence-electron chi connectivity index (χ0n) is 15.3. The molecule has 140 valence electrons. The summed E-state index contributed by atoms with van der Waals surface area (Å²) >= 11 is 0. The van der Waals surface area contributed by atoms with Crippen LogP contribution >= 0.6 is 0 Å². The molecule has 1 aliphatic heterocycles. The Kier molecular flexibility index (Phi) is 3.99. The minimum absolute atomic E-state index is 0.374. The van der Waals surface area contributed by atoms with Crippen LogP contribution in [0.3, 0.4) is 0 Å². The molecular formula is C21H17FN4O2. The van der Waals surface area contributed by atoms with Gasteiger partial charge in [0.2, 0.25) is 0 Å². The highest BCUT2D eigenvalue weighted by molar-refractivity contribution is 5.84. The first kappa shape index (κ1) is 16.8. The van der Waals surface area contributed by atoms with Gasteiger partial charge in [0.25, 0.3) is 6.01 Å². The van der Waals surface area contributed by atoms with E-state index in [4.69, 9.17) is 9.15 Å². The fraction of sp³-hybridized carbons (Fsp3) is 0.238.